The van der Waals surface area contributed by atoms with Crippen LogP contribution < -0.4 is 10.6 Å². The second-order valence-electron chi connectivity index (χ2n) is 6.28. The van der Waals surface area contributed by atoms with E-state index in [0.717, 1.165) is 5.82 Å². The third-order valence-electron chi connectivity index (χ3n) is 4.46. The molecule has 2 atom stereocenters. The van der Waals surface area contributed by atoms with Crippen LogP contribution in [0.4, 0.5) is 0 Å². The minimum absolute atomic E-state index is 0.0653. The third-order valence-corrected chi connectivity index (χ3v) is 4.46. The second-order valence-corrected chi connectivity index (χ2v) is 6.28. The topological polar surface area (TPSA) is 112 Å². The number of carbonyl (C=O) groups is 2. The Hall–Kier alpha value is -2.00. The Morgan fingerprint density at radius 1 is 1.29 bits per heavy atom. The van der Waals surface area contributed by atoms with Crippen LogP contribution in [-0.2, 0) is 20.9 Å². The van der Waals surface area contributed by atoms with Crippen LogP contribution in [-0.4, -0.2) is 71.3 Å². The van der Waals surface area contributed by atoms with Crippen molar-refractivity contribution in [3.8, 4) is 0 Å². The summed E-state index contributed by atoms with van der Waals surface area (Å²) in [5.41, 5.74) is 0. The molecule has 132 valence electrons. The van der Waals surface area contributed by atoms with Crippen molar-refractivity contribution in [2.45, 2.75) is 19.9 Å². The van der Waals surface area contributed by atoms with E-state index in [1.165, 1.54) is 0 Å². The molecule has 0 aliphatic carbocycles. The molecule has 0 unspecified atom stereocenters. The molecule has 2 aliphatic heterocycles. The number of nitrogens with zero attached hydrogens (tertiary/aromatic N) is 3. The zero-order chi connectivity index (χ0) is 16.9. The number of morpholine rings is 1. The van der Waals surface area contributed by atoms with Crippen LogP contribution in [0.3, 0.4) is 0 Å². The quantitative estimate of drug-likeness (QED) is 0.638. The number of carbonyl (C=O) groups excluding carboxylic acids is 2. The molecule has 9 heteroatoms. The van der Waals surface area contributed by atoms with Crippen molar-refractivity contribution in [1.82, 2.24) is 30.7 Å². The smallest absolute Gasteiger partial charge is 0.227 e. The van der Waals surface area contributed by atoms with E-state index >= 15 is 0 Å². The van der Waals surface area contributed by atoms with Crippen molar-refractivity contribution in [3.63, 3.8) is 0 Å². The number of aromatic amines is 1. The Bertz CT molecular complexity index is 584. The molecule has 0 saturated carbocycles. The van der Waals surface area contributed by atoms with Crippen molar-refractivity contribution >= 4 is 11.8 Å². The number of hydrogen-bond donors (Lipinski definition) is 3. The van der Waals surface area contributed by atoms with Gasteiger partial charge in [0.15, 0.2) is 5.82 Å². The SMILES string of the molecule is Cc1nc(CNC(=O)[C@H]2CNC[C@@H](C(=O)N3CCOCC3)C2)n[nH]1. The molecule has 0 aromatic carbocycles. The summed E-state index contributed by atoms with van der Waals surface area (Å²) in [6.45, 7) is 5.77. The summed E-state index contributed by atoms with van der Waals surface area (Å²) >= 11 is 0. The Balaban J connectivity index is 1.50. The van der Waals surface area contributed by atoms with Gasteiger partial charge in [-0.2, -0.15) is 5.10 Å². The van der Waals surface area contributed by atoms with Gasteiger partial charge in [0.25, 0.3) is 0 Å². The van der Waals surface area contributed by atoms with Gasteiger partial charge in [-0.05, 0) is 13.3 Å². The summed E-state index contributed by atoms with van der Waals surface area (Å²) in [6, 6.07) is 0. The number of amides is 2. The molecule has 1 aromatic heterocycles. The lowest BCUT2D eigenvalue weighted by molar-refractivity contribution is -0.141. The number of rotatable bonds is 4. The van der Waals surface area contributed by atoms with E-state index in [2.05, 4.69) is 25.8 Å². The van der Waals surface area contributed by atoms with Crippen LogP contribution in [0.5, 0.6) is 0 Å². The predicted octanol–water partition coefficient (Wildman–Crippen LogP) is -1.19. The second kappa shape index (κ2) is 7.71. The maximum atomic E-state index is 12.6. The van der Waals surface area contributed by atoms with Gasteiger partial charge in [-0.1, -0.05) is 0 Å². The van der Waals surface area contributed by atoms with Crippen molar-refractivity contribution in [3.05, 3.63) is 11.6 Å². The minimum Gasteiger partial charge on any atom is -0.378 e. The zero-order valence-corrected chi connectivity index (χ0v) is 13.9. The van der Waals surface area contributed by atoms with E-state index in [1.54, 1.807) is 0 Å². The first-order valence-electron chi connectivity index (χ1n) is 8.36. The maximum absolute atomic E-state index is 12.6. The van der Waals surface area contributed by atoms with Gasteiger partial charge in [0.2, 0.25) is 11.8 Å². The maximum Gasteiger partial charge on any atom is 0.227 e. The van der Waals surface area contributed by atoms with Gasteiger partial charge in [-0.25, -0.2) is 4.98 Å². The van der Waals surface area contributed by atoms with E-state index in [9.17, 15) is 9.59 Å². The molecule has 2 aliphatic rings. The summed E-state index contributed by atoms with van der Waals surface area (Å²) in [5.74, 6) is 0.963. The van der Waals surface area contributed by atoms with Gasteiger partial charge in [-0.15, -0.1) is 0 Å². The molecule has 0 spiro atoms. The fraction of sp³-hybridized carbons (Fsp3) is 0.733. The van der Waals surface area contributed by atoms with Crippen molar-refractivity contribution in [2.75, 3.05) is 39.4 Å². The van der Waals surface area contributed by atoms with Gasteiger partial charge in [-0.3, -0.25) is 14.7 Å². The molecule has 3 N–H and O–H groups in total. The number of hydrogen-bond acceptors (Lipinski definition) is 6. The highest BCUT2D eigenvalue weighted by atomic mass is 16.5. The standard InChI is InChI=1S/C15H24N6O3/c1-10-18-13(20-19-10)9-17-14(22)11-6-12(8-16-7-11)15(23)21-2-4-24-5-3-21/h11-12,16H,2-9H2,1H3,(H,17,22)(H,18,19,20)/t11-,12+/m1/s1. The van der Waals surface area contributed by atoms with Crippen LogP contribution in [0, 0.1) is 18.8 Å². The first kappa shape index (κ1) is 16.8. The van der Waals surface area contributed by atoms with E-state index in [-0.39, 0.29) is 23.7 Å². The molecule has 24 heavy (non-hydrogen) atoms. The Labute approximate surface area is 140 Å². The molecule has 1 aromatic rings. The highest BCUT2D eigenvalue weighted by molar-refractivity contribution is 5.83. The number of H-pyrrole nitrogens is 1. The molecule has 3 heterocycles. The summed E-state index contributed by atoms with van der Waals surface area (Å²) in [5, 5.41) is 12.8. The molecule has 2 amide bonds. The number of aromatic nitrogens is 3. The van der Waals surface area contributed by atoms with Gasteiger partial charge in [0, 0.05) is 26.2 Å². The average molecular weight is 336 g/mol. The predicted molar refractivity (Wildman–Crippen MR) is 84.8 cm³/mol. The Kier molecular flexibility index (Phi) is 5.41. The normalized spacial score (nSPS) is 24.6. The van der Waals surface area contributed by atoms with Gasteiger partial charge < -0.3 is 20.3 Å². The third kappa shape index (κ3) is 4.09. The van der Waals surface area contributed by atoms with Gasteiger partial charge in [0.05, 0.1) is 31.6 Å². The first-order valence-corrected chi connectivity index (χ1v) is 8.36. The van der Waals surface area contributed by atoms with E-state index in [4.69, 9.17) is 4.74 Å². The van der Waals surface area contributed by atoms with Crippen LogP contribution >= 0.6 is 0 Å². The number of aryl methyl sites for hydroxylation is 1. The molecule has 9 nitrogen and oxygen atoms in total. The van der Waals surface area contributed by atoms with E-state index in [0.29, 0.717) is 58.2 Å². The number of nitrogens with one attached hydrogen (secondary N) is 3. The van der Waals surface area contributed by atoms with Crippen LogP contribution in [0.1, 0.15) is 18.1 Å². The summed E-state index contributed by atoms with van der Waals surface area (Å²) in [7, 11) is 0. The molecular formula is C15H24N6O3. The lowest BCUT2D eigenvalue weighted by Crippen LogP contribution is -2.51. The van der Waals surface area contributed by atoms with Crippen molar-refractivity contribution in [2.24, 2.45) is 11.8 Å². The minimum atomic E-state index is -0.214. The van der Waals surface area contributed by atoms with Crippen molar-refractivity contribution in [1.29, 1.82) is 0 Å². The highest BCUT2D eigenvalue weighted by Gasteiger charge is 2.33. The lowest BCUT2D eigenvalue weighted by atomic mass is 9.88. The summed E-state index contributed by atoms with van der Waals surface area (Å²) < 4.78 is 5.28. The largest absolute Gasteiger partial charge is 0.378 e. The van der Waals surface area contributed by atoms with Crippen LogP contribution in [0.25, 0.3) is 0 Å². The average Bonchev–Trinajstić information content (AvgIpc) is 3.05. The molecule has 3 rings (SSSR count). The van der Waals surface area contributed by atoms with Gasteiger partial charge >= 0.3 is 0 Å². The molecule has 2 fully saturated rings. The van der Waals surface area contributed by atoms with E-state index in [1.807, 2.05) is 11.8 Å². The highest BCUT2D eigenvalue weighted by Crippen LogP contribution is 2.19. The number of ether oxygens (including phenoxy) is 1. The summed E-state index contributed by atoms with van der Waals surface area (Å²) in [6.07, 6.45) is 0.571. The lowest BCUT2D eigenvalue weighted by Gasteiger charge is -2.34. The molecule has 0 radical (unpaired) electrons. The van der Waals surface area contributed by atoms with Crippen LogP contribution in [0.15, 0.2) is 0 Å². The summed E-state index contributed by atoms with van der Waals surface area (Å²) in [4.78, 5) is 30.9. The first-order chi connectivity index (χ1) is 11.6. The van der Waals surface area contributed by atoms with Crippen molar-refractivity contribution < 1.29 is 14.3 Å². The molecule has 2 saturated heterocycles. The van der Waals surface area contributed by atoms with E-state index < -0.39 is 0 Å². The fourth-order valence-corrected chi connectivity index (χ4v) is 3.15. The monoisotopic (exact) mass is 336 g/mol. The fourth-order valence-electron chi connectivity index (χ4n) is 3.15. The number of piperidine rings is 1. The van der Waals surface area contributed by atoms with Gasteiger partial charge in [0.1, 0.15) is 5.82 Å². The molecule has 0 bridgehead atoms. The van der Waals surface area contributed by atoms with Crippen LogP contribution in [0.2, 0.25) is 0 Å². The molecular weight excluding hydrogens is 312 g/mol. The Morgan fingerprint density at radius 2 is 2.04 bits per heavy atom. The Morgan fingerprint density at radius 3 is 2.75 bits per heavy atom. The zero-order valence-electron chi connectivity index (χ0n) is 13.9.